The highest BCUT2D eigenvalue weighted by atomic mass is 31.3. The number of nitrogens with two attached hydrogens (primary N) is 3. The van der Waals surface area contributed by atoms with E-state index in [4.69, 9.17) is 59.2 Å². The number of hydrogen-bond acceptors (Lipinski definition) is 29. The molecule has 3 aliphatic heterocycles. The van der Waals surface area contributed by atoms with Gasteiger partial charge in [-0.25, -0.2) is 38.2 Å². The fourth-order valence-electron chi connectivity index (χ4n) is 9.40. The Balaban J connectivity index is 0.889. The number of nitrogens with zero attached hydrogens (tertiary/aromatic N) is 10. The average molecular weight is 1220 g/mol. The minimum Gasteiger partial charge on any atom is -0.387 e. The molecular weight excluding hydrogens is 1160 g/mol. The number of anilines is 3. The summed E-state index contributed by atoms with van der Waals surface area (Å²) in [6.45, 7) is -2.85. The molecule has 16 atom stereocenters. The number of nitrogen functional groups attached to an aromatic ring is 3. The van der Waals surface area contributed by atoms with Crippen LogP contribution in [0.15, 0.2) is 34.9 Å². The van der Waals surface area contributed by atoms with Crippen molar-refractivity contribution in [1.82, 2.24) is 53.6 Å². The van der Waals surface area contributed by atoms with Gasteiger partial charge in [0.15, 0.2) is 35.1 Å². The number of aryl methyl sites for hydroxylation is 1. The van der Waals surface area contributed by atoms with E-state index in [1.54, 1.807) is 0 Å². The predicted molar refractivity (Wildman–Crippen MR) is 263 cm³/mol. The van der Waals surface area contributed by atoms with Crippen LogP contribution in [0.3, 0.4) is 0 Å². The van der Waals surface area contributed by atoms with Crippen LogP contribution in [0.1, 0.15) is 25.1 Å². The molecule has 6 aromatic heterocycles. The Kier molecular flexibility index (Phi) is 17.3. The summed E-state index contributed by atoms with van der Waals surface area (Å²) in [4.78, 5) is 97.7. The summed E-state index contributed by atoms with van der Waals surface area (Å²) in [6.07, 6.45) is -11.2. The van der Waals surface area contributed by atoms with Crippen molar-refractivity contribution in [2.75, 3.05) is 71.1 Å². The van der Waals surface area contributed by atoms with Gasteiger partial charge in [-0.05, 0) is 6.42 Å². The molecule has 43 heteroatoms. The Morgan fingerprint density at radius 1 is 0.662 bits per heavy atom. The van der Waals surface area contributed by atoms with Crippen LogP contribution >= 0.6 is 31.1 Å². The first kappa shape index (κ1) is 59.5. The standard InChI is InChI=1S/C37H53N15O24P4/c1-49-14-52(30-21(49)32(57)48-37(40)46-30)33-22(53)15(4-5-68-7-6-66-2)16(72-33)8-70-78(60,61)75-80(64,65)76-79(62,63)71-10-18-26(25(67-3)35(74-18)50-12-43-19-27(38)41-11-42-28(19)50)77(58,59)69-9-17-23(54)24(55)34(73-17)51-13-44-20-29(51)45-36(39)47-31(20)56/h11-18,22-26,33-35,53-55H,4-10H2,1-3H3,(H11-,38,39,40,41,42,45,46,47,48,56,57,58,59,60,61,62,63,64,65)/p+1/t15-,16-,17-,18-,22-,23-,24-,25-,26-,33?,34-,35-/m1/s1. The third-order valence-electron chi connectivity index (χ3n) is 12.9. The van der Waals surface area contributed by atoms with E-state index in [1.165, 1.54) is 34.2 Å². The van der Waals surface area contributed by atoms with Crippen molar-refractivity contribution < 1.29 is 108 Å². The Bertz CT molecular complexity index is 3570. The number of aliphatic hydroxyl groups excluding tert-OH is 3. The van der Waals surface area contributed by atoms with Gasteiger partial charge in [-0.1, -0.05) is 0 Å². The number of aromatic nitrogens is 12. The number of imidazole rings is 3. The number of hydrogen-bond donors (Lipinski definition) is 12. The molecule has 0 aliphatic carbocycles. The summed E-state index contributed by atoms with van der Waals surface area (Å²) in [7, 11) is -19.3. The van der Waals surface area contributed by atoms with Crippen molar-refractivity contribution in [2.24, 2.45) is 13.0 Å². The lowest BCUT2D eigenvalue weighted by molar-refractivity contribution is -0.646. The highest BCUT2D eigenvalue weighted by Crippen LogP contribution is 2.68. The molecule has 0 saturated carbocycles. The molecule has 6 aromatic rings. The first-order valence-electron chi connectivity index (χ1n) is 23.4. The fourth-order valence-corrected chi connectivity index (χ4v) is 14.7. The molecule has 0 radical (unpaired) electrons. The van der Waals surface area contributed by atoms with Crippen LogP contribution in [0.4, 0.5) is 17.7 Å². The lowest BCUT2D eigenvalue weighted by Crippen LogP contribution is -2.38. The number of rotatable bonds is 24. The second-order valence-corrected chi connectivity index (χ2v) is 24.7. The van der Waals surface area contributed by atoms with Gasteiger partial charge in [0.2, 0.25) is 24.5 Å². The summed E-state index contributed by atoms with van der Waals surface area (Å²) < 4.78 is 117. The van der Waals surface area contributed by atoms with Crippen LogP contribution in [-0.4, -0.2) is 191 Å². The molecule has 5 unspecified atom stereocenters. The van der Waals surface area contributed by atoms with Crippen LogP contribution < -0.4 is 32.9 Å². The van der Waals surface area contributed by atoms with E-state index >= 15 is 0 Å². The van der Waals surface area contributed by atoms with Crippen molar-refractivity contribution >= 4 is 82.3 Å². The lowest BCUT2D eigenvalue weighted by Gasteiger charge is -2.28. The zero-order chi connectivity index (χ0) is 57.8. The molecule has 9 rings (SSSR count). The van der Waals surface area contributed by atoms with Gasteiger partial charge in [0.25, 0.3) is 16.7 Å². The van der Waals surface area contributed by atoms with Gasteiger partial charge in [-0.15, -0.1) is 0 Å². The normalized spacial score (nSPS) is 29.3. The summed E-state index contributed by atoms with van der Waals surface area (Å²) in [5.74, 6) is -1.65. The predicted octanol–water partition coefficient (Wildman–Crippen LogP) is -3.33. The van der Waals surface area contributed by atoms with Crippen LogP contribution in [-0.2, 0) is 75.9 Å². The lowest BCUT2D eigenvalue weighted by atomic mass is 9.95. The van der Waals surface area contributed by atoms with E-state index in [-0.39, 0.29) is 77.4 Å². The molecule has 0 spiro atoms. The zero-order valence-electron chi connectivity index (χ0n) is 41.8. The number of nitrogens with one attached hydrogen (secondary N) is 2. The highest BCUT2D eigenvalue weighted by molar-refractivity contribution is 7.66. The first-order chi connectivity index (χ1) is 37.7. The molecule has 3 saturated heterocycles. The average Bonchev–Trinajstić information content (AvgIpc) is 4.32. The molecule has 0 bridgehead atoms. The first-order valence-corrected chi connectivity index (χ1v) is 29.6. The van der Waals surface area contributed by atoms with Crippen molar-refractivity contribution in [1.29, 1.82) is 0 Å². The molecular formula is C37H54N15O24P4+. The maximum atomic E-state index is 14.5. The van der Waals surface area contributed by atoms with Gasteiger partial charge in [0.1, 0.15) is 54.1 Å². The van der Waals surface area contributed by atoms with Crippen LogP contribution in [0.2, 0.25) is 0 Å². The van der Waals surface area contributed by atoms with E-state index in [0.717, 1.165) is 30.7 Å². The summed E-state index contributed by atoms with van der Waals surface area (Å²) >= 11 is 0. The van der Waals surface area contributed by atoms with E-state index in [1.807, 2.05) is 0 Å². The number of H-pyrrole nitrogens is 2. The van der Waals surface area contributed by atoms with Gasteiger partial charge in [0.05, 0.1) is 58.8 Å². The summed E-state index contributed by atoms with van der Waals surface area (Å²) in [5, 5.41) is 33.6. The SMILES string of the molecule is COCCOCC[C@@H]1[C@@H](COP(=O)(O)OP(=O)(O)OP(=O)(O)OC[C@H]2O[C@@H](n3cnc4c(N)ncnc43)[C@H](OC)[C@@H]2P(=O)(O)OC[C@H]2O[C@@H](n3cnc4c(=O)[nH]c(N)nc43)[C@H](O)[C@@H]2O)OC(n2c[n+](C)c3c(=O)[nH]c(N)nc32)[C@@H]1O. The quantitative estimate of drug-likeness (QED) is 0.0160. The number of aliphatic hydroxyl groups is 3. The monoisotopic (exact) mass is 1220 g/mol. The molecule has 15 N–H and O–H groups in total. The van der Waals surface area contributed by atoms with Gasteiger partial charge < -0.3 is 85.0 Å². The van der Waals surface area contributed by atoms with Crippen molar-refractivity contribution in [3.8, 4) is 0 Å². The highest BCUT2D eigenvalue weighted by Gasteiger charge is 2.58. The Morgan fingerprint density at radius 3 is 1.93 bits per heavy atom. The summed E-state index contributed by atoms with van der Waals surface area (Å²) in [6, 6.07) is 0. The van der Waals surface area contributed by atoms with Gasteiger partial charge >= 0.3 is 36.6 Å². The molecule has 0 amide bonds. The van der Waals surface area contributed by atoms with Crippen molar-refractivity contribution in [2.45, 2.75) is 73.5 Å². The van der Waals surface area contributed by atoms with E-state index in [2.05, 4.69) is 48.5 Å². The zero-order valence-corrected chi connectivity index (χ0v) is 45.3. The van der Waals surface area contributed by atoms with Crippen molar-refractivity contribution in [3.63, 3.8) is 0 Å². The van der Waals surface area contributed by atoms with E-state index in [0.29, 0.717) is 0 Å². The fraction of sp³-hybridized carbons (Fsp3) is 0.595. The number of fused-ring (bicyclic) bond motifs is 3. The number of ether oxygens (including phenoxy) is 6. The van der Waals surface area contributed by atoms with Crippen molar-refractivity contribution in [3.05, 3.63) is 46.0 Å². The molecule has 3 fully saturated rings. The second kappa shape index (κ2) is 23.2. The minimum absolute atomic E-state index is 0.00102. The number of aromatic amines is 2. The minimum atomic E-state index is -6.22. The van der Waals surface area contributed by atoms with Crippen LogP contribution in [0.5, 0.6) is 0 Å². The van der Waals surface area contributed by atoms with Crippen LogP contribution in [0, 0.1) is 5.92 Å². The third kappa shape index (κ3) is 12.2. The molecule has 440 valence electrons. The molecule has 9 heterocycles. The van der Waals surface area contributed by atoms with Gasteiger partial charge in [0, 0.05) is 26.7 Å². The molecule has 80 heavy (non-hydrogen) atoms. The smallest absolute Gasteiger partial charge is 0.387 e. The molecule has 3 aliphatic rings. The molecule has 0 aromatic carbocycles. The van der Waals surface area contributed by atoms with E-state index < -0.39 is 135 Å². The Labute approximate surface area is 446 Å². The third-order valence-corrected chi connectivity index (χ3v) is 19.1. The largest absolute Gasteiger partial charge is 0.490 e. The maximum absolute atomic E-state index is 14.5. The summed E-state index contributed by atoms with van der Waals surface area (Å²) in [5.41, 5.74) is 13.8. The Morgan fingerprint density at radius 2 is 1.25 bits per heavy atom. The number of methoxy groups -OCH3 is 2. The van der Waals surface area contributed by atoms with Gasteiger partial charge in [-0.2, -0.15) is 23.2 Å². The topological polar surface area (TPSA) is 551 Å². The number of phosphoric ester groups is 2. The van der Waals surface area contributed by atoms with Crippen LogP contribution in [0.25, 0.3) is 33.5 Å². The molecule has 39 nitrogen and oxygen atoms in total. The maximum Gasteiger partial charge on any atom is 0.490 e. The number of phosphoric acid groups is 3. The van der Waals surface area contributed by atoms with Gasteiger partial charge in [-0.3, -0.25) is 42.3 Å². The Hall–Kier alpha value is -5.15. The van der Waals surface area contributed by atoms with E-state index in [9.17, 15) is 62.7 Å². The second-order valence-electron chi connectivity index (χ2n) is 18.1.